The maximum Gasteiger partial charge on any atom is 0.160 e. The lowest BCUT2D eigenvalue weighted by Crippen LogP contribution is -2.09. The van der Waals surface area contributed by atoms with E-state index in [1.54, 1.807) is 30.8 Å². The highest BCUT2D eigenvalue weighted by Gasteiger charge is 2.17. The van der Waals surface area contributed by atoms with Crippen molar-refractivity contribution in [3.63, 3.8) is 0 Å². The maximum absolute atomic E-state index is 11.6. The molecule has 3 heteroatoms. The number of nitriles is 1. The van der Waals surface area contributed by atoms with E-state index in [1.165, 1.54) is 32.1 Å². The number of ketones is 1. The molecule has 0 heterocycles. The molecule has 1 aromatic carbocycles. The second-order valence-electron chi connectivity index (χ2n) is 4.76. The van der Waals surface area contributed by atoms with E-state index in [1.807, 2.05) is 6.07 Å². The number of carbonyl (C=O) groups excluding carboxylic acids is 1. The number of hydrogen-bond acceptors (Lipinski definition) is 3. The van der Waals surface area contributed by atoms with Gasteiger partial charge in [0, 0.05) is 15.7 Å². The molecule has 94 valence electrons. The van der Waals surface area contributed by atoms with E-state index < -0.39 is 0 Å². The molecule has 2 rings (SSSR count). The van der Waals surface area contributed by atoms with Crippen molar-refractivity contribution in [3.05, 3.63) is 29.3 Å². The minimum Gasteiger partial charge on any atom is -0.294 e. The van der Waals surface area contributed by atoms with Crippen LogP contribution in [0, 0.1) is 11.3 Å². The van der Waals surface area contributed by atoms with Crippen LogP contribution in [0.15, 0.2) is 23.1 Å². The van der Waals surface area contributed by atoms with Gasteiger partial charge in [-0.2, -0.15) is 5.26 Å². The van der Waals surface area contributed by atoms with Crippen LogP contribution >= 0.6 is 11.8 Å². The maximum atomic E-state index is 11.6. The van der Waals surface area contributed by atoms with Crippen LogP contribution in [0.4, 0.5) is 0 Å². The molecule has 0 unspecified atom stereocenters. The molecule has 1 aliphatic carbocycles. The fourth-order valence-corrected chi connectivity index (χ4v) is 3.80. The van der Waals surface area contributed by atoms with Crippen LogP contribution in [0.2, 0.25) is 0 Å². The molecule has 0 radical (unpaired) electrons. The third-order valence-electron chi connectivity index (χ3n) is 3.34. The van der Waals surface area contributed by atoms with Gasteiger partial charge < -0.3 is 0 Å². The second kappa shape index (κ2) is 6.06. The van der Waals surface area contributed by atoms with Crippen LogP contribution in [0.5, 0.6) is 0 Å². The predicted octanol–water partition coefficient (Wildman–Crippen LogP) is 4.19. The van der Waals surface area contributed by atoms with E-state index in [4.69, 9.17) is 5.26 Å². The summed E-state index contributed by atoms with van der Waals surface area (Å²) in [5, 5.41) is 9.56. The van der Waals surface area contributed by atoms with Crippen molar-refractivity contribution in [2.45, 2.75) is 49.2 Å². The summed E-state index contributed by atoms with van der Waals surface area (Å²) in [6, 6.07) is 7.51. The molecule has 0 aromatic heterocycles. The number of nitrogens with zero attached hydrogens (tertiary/aromatic N) is 1. The number of carbonyl (C=O) groups is 1. The Bertz CT molecular complexity index is 484. The normalized spacial score (nSPS) is 16.2. The standard InChI is InChI=1S/C15H17NOS/c1-11(17)14-8-7-12(10-16)9-15(14)18-13-5-3-2-4-6-13/h7-9,13H,2-6H2,1H3. The van der Waals surface area contributed by atoms with E-state index in [9.17, 15) is 4.79 Å². The average Bonchev–Trinajstić information content (AvgIpc) is 2.39. The molecule has 1 saturated carbocycles. The van der Waals surface area contributed by atoms with Crippen molar-refractivity contribution < 1.29 is 4.79 Å². The number of thioether (sulfide) groups is 1. The molecule has 0 amide bonds. The first-order valence-electron chi connectivity index (χ1n) is 6.42. The molecule has 0 bridgehead atoms. The topological polar surface area (TPSA) is 40.9 Å². The van der Waals surface area contributed by atoms with Gasteiger partial charge in [0.25, 0.3) is 0 Å². The van der Waals surface area contributed by atoms with Gasteiger partial charge in [0.15, 0.2) is 5.78 Å². The van der Waals surface area contributed by atoms with Crippen molar-refractivity contribution in [2.75, 3.05) is 0 Å². The lowest BCUT2D eigenvalue weighted by Gasteiger charge is -2.21. The van der Waals surface area contributed by atoms with Crippen LogP contribution < -0.4 is 0 Å². The monoisotopic (exact) mass is 259 g/mol. The van der Waals surface area contributed by atoms with Crippen molar-refractivity contribution in [3.8, 4) is 6.07 Å². The quantitative estimate of drug-likeness (QED) is 0.764. The summed E-state index contributed by atoms with van der Waals surface area (Å²) in [6.07, 6.45) is 6.34. The van der Waals surface area contributed by atoms with Crippen LogP contribution in [-0.4, -0.2) is 11.0 Å². The molecule has 0 N–H and O–H groups in total. The lowest BCUT2D eigenvalue weighted by atomic mass is 10.0. The molecule has 0 atom stereocenters. The lowest BCUT2D eigenvalue weighted by molar-refractivity contribution is 0.101. The summed E-state index contributed by atoms with van der Waals surface area (Å²) in [4.78, 5) is 12.6. The fraction of sp³-hybridized carbons (Fsp3) is 0.467. The minimum absolute atomic E-state index is 0.0813. The van der Waals surface area contributed by atoms with Crippen molar-refractivity contribution >= 4 is 17.5 Å². The van der Waals surface area contributed by atoms with Gasteiger partial charge in [0.2, 0.25) is 0 Å². The summed E-state index contributed by atoms with van der Waals surface area (Å²) in [6.45, 7) is 1.59. The Morgan fingerprint density at radius 1 is 1.33 bits per heavy atom. The summed E-state index contributed by atoms with van der Waals surface area (Å²) in [7, 11) is 0. The molecule has 0 saturated heterocycles. The van der Waals surface area contributed by atoms with Crippen molar-refractivity contribution in [2.24, 2.45) is 0 Å². The zero-order valence-electron chi connectivity index (χ0n) is 10.6. The van der Waals surface area contributed by atoms with Gasteiger partial charge in [-0.05, 0) is 38.0 Å². The minimum atomic E-state index is 0.0813. The molecule has 18 heavy (non-hydrogen) atoms. The number of rotatable bonds is 3. The summed E-state index contributed by atoms with van der Waals surface area (Å²) < 4.78 is 0. The van der Waals surface area contributed by atoms with Gasteiger partial charge >= 0.3 is 0 Å². The Morgan fingerprint density at radius 3 is 2.67 bits per heavy atom. The molecule has 1 fully saturated rings. The van der Waals surface area contributed by atoms with Crippen molar-refractivity contribution in [1.82, 2.24) is 0 Å². The van der Waals surface area contributed by atoms with E-state index in [0.717, 1.165) is 10.5 Å². The van der Waals surface area contributed by atoms with Gasteiger partial charge in [0.05, 0.1) is 11.6 Å². The molecular formula is C15H17NOS. The third kappa shape index (κ3) is 3.14. The van der Waals surface area contributed by atoms with Gasteiger partial charge in [-0.1, -0.05) is 19.3 Å². The zero-order valence-corrected chi connectivity index (χ0v) is 11.4. The molecule has 1 aromatic rings. The molecular weight excluding hydrogens is 242 g/mol. The van der Waals surface area contributed by atoms with E-state index in [-0.39, 0.29) is 5.78 Å². The Labute approximate surface area is 112 Å². The summed E-state index contributed by atoms with van der Waals surface area (Å²) in [5.41, 5.74) is 1.39. The number of hydrogen-bond donors (Lipinski definition) is 0. The predicted molar refractivity (Wildman–Crippen MR) is 73.9 cm³/mol. The zero-order chi connectivity index (χ0) is 13.0. The highest BCUT2D eigenvalue weighted by molar-refractivity contribution is 8.00. The molecule has 1 aliphatic rings. The van der Waals surface area contributed by atoms with E-state index >= 15 is 0 Å². The number of benzene rings is 1. The van der Waals surface area contributed by atoms with Crippen LogP contribution in [-0.2, 0) is 0 Å². The first-order valence-corrected chi connectivity index (χ1v) is 7.30. The Kier molecular flexibility index (Phi) is 4.43. The van der Waals surface area contributed by atoms with Crippen LogP contribution in [0.1, 0.15) is 54.9 Å². The van der Waals surface area contributed by atoms with E-state index in [0.29, 0.717) is 10.8 Å². The smallest absolute Gasteiger partial charge is 0.160 e. The SMILES string of the molecule is CC(=O)c1ccc(C#N)cc1SC1CCCCC1. The van der Waals surface area contributed by atoms with Gasteiger partial charge in [0.1, 0.15) is 0 Å². The average molecular weight is 259 g/mol. The van der Waals surface area contributed by atoms with E-state index in [2.05, 4.69) is 6.07 Å². The van der Waals surface area contributed by atoms with Gasteiger partial charge in [-0.15, -0.1) is 11.8 Å². The first kappa shape index (κ1) is 13.2. The van der Waals surface area contributed by atoms with Gasteiger partial charge in [-0.3, -0.25) is 4.79 Å². The third-order valence-corrected chi connectivity index (χ3v) is 4.73. The molecule has 0 spiro atoms. The highest BCUT2D eigenvalue weighted by atomic mass is 32.2. The molecule has 0 aliphatic heterocycles. The second-order valence-corrected chi connectivity index (χ2v) is 6.10. The summed E-state index contributed by atoms with van der Waals surface area (Å²) in [5.74, 6) is 0.0813. The van der Waals surface area contributed by atoms with Crippen LogP contribution in [0.3, 0.4) is 0 Å². The Balaban J connectivity index is 2.23. The summed E-state index contributed by atoms with van der Waals surface area (Å²) >= 11 is 1.78. The fourth-order valence-electron chi connectivity index (χ4n) is 2.34. The van der Waals surface area contributed by atoms with Gasteiger partial charge in [-0.25, -0.2) is 0 Å². The van der Waals surface area contributed by atoms with Crippen LogP contribution in [0.25, 0.3) is 0 Å². The number of Topliss-reactive ketones (excluding diaryl/α,β-unsaturated/α-hetero) is 1. The highest BCUT2D eigenvalue weighted by Crippen LogP contribution is 2.35. The first-order chi connectivity index (χ1) is 8.70. The molecule has 2 nitrogen and oxygen atoms in total. The Hall–Kier alpha value is -1.27. The van der Waals surface area contributed by atoms with Crippen molar-refractivity contribution in [1.29, 1.82) is 5.26 Å². The Morgan fingerprint density at radius 2 is 2.06 bits per heavy atom. The largest absolute Gasteiger partial charge is 0.294 e.